The Kier molecular flexibility index (Phi) is 13.0. The Morgan fingerprint density at radius 2 is 1.47 bits per heavy atom. The normalized spacial score (nSPS) is 10.5. The summed E-state index contributed by atoms with van der Waals surface area (Å²) in [6.45, 7) is 6.61. The number of amides is 1. The summed E-state index contributed by atoms with van der Waals surface area (Å²) in [6.07, 6.45) is 10.0. The molecule has 0 saturated heterocycles. The predicted octanol–water partition coefficient (Wildman–Crippen LogP) is 2.85. The van der Waals surface area contributed by atoms with E-state index >= 15 is 0 Å². The molecule has 0 radical (unpaired) electrons. The van der Waals surface area contributed by atoms with E-state index in [1.807, 2.05) is 0 Å². The molecule has 0 saturated carbocycles. The third-order valence-electron chi connectivity index (χ3n) is 2.85. The summed E-state index contributed by atoms with van der Waals surface area (Å²) in [5.74, 6) is 0.129. The molecule has 3 nitrogen and oxygen atoms in total. The zero-order valence-corrected chi connectivity index (χ0v) is 11.7. The minimum atomic E-state index is 0.129. The fraction of sp³-hybridized carbons (Fsp3) is 0.929. The molecule has 2 N–H and O–H groups in total. The van der Waals surface area contributed by atoms with E-state index in [1.165, 1.54) is 38.5 Å². The molecule has 1 amide bonds. The Labute approximate surface area is 107 Å². The van der Waals surface area contributed by atoms with E-state index in [9.17, 15) is 4.79 Å². The van der Waals surface area contributed by atoms with Gasteiger partial charge in [-0.1, -0.05) is 52.4 Å². The van der Waals surface area contributed by atoms with Crippen LogP contribution in [0.5, 0.6) is 0 Å². The maximum atomic E-state index is 11.3. The summed E-state index contributed by atoms with van der Waals surface area (Å²) in [4.78, 5) is 11.3. The first-order valence-electron chi connectivity index (χ1n) is 7.28. The van der Waals surface area contributed by atoms with Crippen molar-refractivity contribution >= 4 is 5.91 Å². The average Bonchev–Trinajstić information content (AvgIpc) is 2.33. The van der Waals surface area contributed by atoms with Crippen molar-refractivity contribution in [1.82, 2.24) is 10.6 Å². The van der Waals surface area contributed by atoms with Crippen molar-refractivity contribution in [3.8, 4) is 0 Å². The summed E-state index contributed by atoms with van der Waals surface area (Å²) in [7, 11) is 0. The van der Waals surface area contributed by atoms with Gasteiger partial charge in [0.1, 0.15) is 0 Å². The smallest absolute Gasteiger partial charge is 0.233 e. The van der Waals surface area contributed by atoms with Crippen LogP contribution < -0.4 is 10.6 Å². The molecule has 0 aliphatic heterocycles. The molecule has 0 aliphatic carbocycles. The highest BCUT2D eigenvalue weighted by atomic mass is 16.1. The first kappa shape index (κ1) is 16.4. The molecule has 0 aromatic heterocycles. The maximum Gasteiger partial charge on any atom is 0.233 e. The van der Waals surface area contributed by atoms with Gasteiger partial charge in [-0.2, -0.15) is 0 Å². The number of carbonyl (C=O) groups excluding carboxylic acids is 1. The molecular formula is C14H30N2O. The molecule has 0 heterocycles. The summed E-state index contributed by atoms with van der Waals surface area (Å²) >= 11 is 0. The van der Waals surface area contributed by atoms with Crippen molar-refractivity contribution in [1.29, 1.82) is 0 Å². The topological polar surface area (TPSA) is 41.1 Å². The van der Waals surface area contributed by atoms with Gasteiger partial charge in [0.05, 0.1) is 6.54 Å². The molecule has 0 atom stereocenters. The minimum absolute atomic E-state index is 0.129. The SMILES string of the molecule is CCCCCCCCNCC(=O)NCCCC. The fourth-order valence-corrected chi connectivity index (χ4v) is 1.70. The van der Waals surface area contributed by atoms with Crippen LogP contribution in [-0.4, -0.2) is 25.5 Å². The number of hydrogen-bond acceptors (Lipinski definition) is 2. The van der Waals surface area contributed by atoms with Crippen LogP contribution >= 0.6 is 0 Å². The standard InChI is InChI=1S/C14H30N2O/c1-3-5-7-8-9-10-11-15-13-14(17)16-12-6-4-2/h15H,3-13H2,1-2H3,(H,16,17). The maximum absolute atomic E-state index is 11.3. The monoisotopic (exact) mass is 242 g/mol. The largest absolute Gasteiger partial charge is 0.355 e. The van der Waals surface area contributed by atoms with Crippen molar-refractivity contribution < 1.29 is 4.79 Å². The minimum Gasteiger partial charge on any atom is -0.355 e. The van der Waals surface area contributed by atoms with E-state index in [2.05, 4.69) is 24.5 Å². The molecule has 0 aliphatic rings. The lowest BCUT2D eigenvalue weighted by Gasteiger charge is -2.06. The van der Waals surface area contributed by atoms with E-state index in [1.54, 1.807) is 0 Å². The number of hydrogen-bond donors (Lipinski definition) is 2. The second-order valence-corrected chi connectivity index (χ2v) is 4.65. The summed E-state index contributed by atoms with van der Waals surface area (Å²) in [6, 6.07) is 0. The van der Waals surface area contributed by atoms with Crippen LogP contribution in [0.4, 0.5) is 0 Å². The van der Waals surface area contributed by atoms with Crippen molar-refractivity contribution in [3.63, 3.8) is 0 Å². The van der Waals surface area contributed by atoms with Gasteiger partial charge < -0.3 is 10.6 Å². The molecule has 3 heteroatoms. The van der Waals surface area contributed by atoms with Gasteiger partial charge in [0.15, 0.2) is 0 Å². The Balaban J connectivity index is 3.08. The van der Waals surface area contributed by atoms with E-state index in [-0.39, 0.29) is 5.91 Å². The molecule has 17 heavy (non-hydrogen) atoms. The van der Waals surface area contributed by atoms with E-state index in [0.29, 0.717) is 6.54 Å². The van der Waals surface area contributed by atoms with Gasteiger partial charge in [-0.25, -0.2) is 0 Å². The number of unbranched alkanes of at least 4 members (excludes halogenated alkanes) is 6. The highest BCUT2D eigenvalue weighted by Gasteiger charge is 1.98. The van der Waals surface area contributed by atoms with Crippen molar-refractivity contribution in [2.45, 2.75) is 65.2 Å². The van der Waals surface area contributed by atoms with Crippen LogP contribution in [0.1, 0.15) is 65.2 Å². The summed E-state index contributed by atoms with van der Waals surface area (Å²) < 4.78 is 0. The van der Waals surface area contributed by atoms with Gasteiger partial charge in [-0.05, 0) is 19.4 Å². The van der Waals surface area contributed by atoms with Crippen LogP contribution in [0, 0.1) is 0 Å². The Hall–Kier alpha value is -0.570. The van der Waals surface area contributed by atoms with E-state index < -0.39 is 0 Å². The van der Waals surface area contributed by atoms with Gasteiger partial charge in [0, 0.05) is 6.54 Å². The van der Waals surface area contributed by atoms with Gasteiger partial charge in [0.2, 0.25) is 5.91 Å². The van der Waals surface area contributed by atoms with Crippen LogP contribution in [0.3, 0.4) is 0 Å². The Bertz CT molecular complexity index is 172. The molecule has 102 valence electrons. The quantitative estimate of drug-likeness (QED) is 0.517. The van der Waals surface area contributed by atoms with Crippen LogP contribution in [0.2, 0.25) is 0 Å². The molecule has 0 aromatic carbocycles. The van der Waals surface area contributed by atoms with Gasteiger partial charge in [-0.3, -0.25) is 4.79 Å². The van der Waals surface area contributed by atoms with Crippen LogP contribution in [0.15, 0.2) is 0 Å². The average molecular weight is 242 g/mol. The zero-order valence-electron chi connectivity index (χ0n) is 11.7. The van der Waals surface area contributed by atoms with Crippen LogP contribution in [0.25, 0.3) is 0 Å². The second-order valence-electron chi connectivity index (χ2n) is 4.65. The summed E-state index contributed by atoms with van der Waals surface area (Å²) in [5, 5.41) is 6.09. The Morgan fingerprint density at radius 3 is 2.18 bits per heavy atom. The van der Waals surface area contributed by atoms with Gasteiger partial charge in [-0.15, -0.1) is 0 Å². The highest BCUT2D eigenvalue weighted by Crippen LogP contribution is 2.03. The lowest BCUT2D eigenvalue weighted by molar-refractivity contribution is -0.120. The highest BCUT2D eigenvalue weighted by molar-refractivity contribution is 5.77. The number of rotatable bonds is 12. The fourth-order valence-electron chi connectivity index (χ4n) is 1.70. The third-order valence-corrected chi connectivity index (χ3v) is 2.85. The van der Waals surface area contributed by atoms with Gasteiger partial charge >= 0.3 is 0 Å². The molecule has 0 unspecified atom stereocenters. The Morgan fingerprint density at radius 1 is 0.824 bits per heavy atom. The molecule has 0 aromatic rings. The number of carbonyl (C=O) groups is 1. The summed E-state index contributed by atoms with van der Waals surface area (Å²) in [5.41, 5.74) is 0. The second kappa shape index (κ2) is 13.5. The lowest BCUT2D eigenvalue weighted by atomic mass is 10.1. The van der Waals surface area contributed by atoms with Crippen molar-refractivity contribution in [3.05, 3.63) is 0 Å². The molecular weight excluding hydrogens is 212 g/mol. The first-order valence-corrected chi connectivity index (χ1v) is 7.28. The van der Waals surface area contributed by atoms with Crippen molar-refractivity contribution in [2.75, 3.05) is 19.6 Å². The molecule has 0 bridgehead atoms. The molecule has 0 fully saturated rings. The molecule has 0 spiro atoms. The van der Waals surface area contributed by atoms with Crippen LogP contribution in [-0.2, 0) is 4.79 Å². The predicted molar refractivity (Wildman–Crippen MR) is 74.2 cm³/mol. The van der Waals surface area contributed by atoms with Gasteiger partial charge in [0.25, 0.3) is 0 Å². The van der Waals surface area contributed by atoms with E-state index in [0.717, 1.165) is 25.9 Å². The van der Waals surface area contributed by atoms with E-state index in [4.69, 9.17) is 0 Å². The first-order chi connectivity index (χ1) is 8.31. The number of nitrogens with one attached hydrogen (secondary N) is 2. The third kappa shape index (κ3) is 13.4. The molecule has 0 rings (SSSR count). The zero-order chi connectivity index (χ0) is 12.8. The van der Waals surface area contributed by atoms with Crippen molar-refractivity contribution in [2.24, 2.45) is 0 Å². The lowest BCUT2D eigenvalue weighted by Crippen LogP contribution is -2.34.